The molecule has 0 saturated carbocycles. The van der Waals surface area contributed by atoms with Crippen molar-refractivity contribution in [1.82, 2.24) is 24.9 Å². The number of hydrogen-bond acceptors (Lipinski definition) is 7. The molecule has 0 aromatic carbocycles. The van der Waals surface area contributed by atoms with Gasteiger partial charge in [0.1, 0.15) is 0 Å². The summed E-state index contributed by atoms with van der Waals surface area (Å²) in [7, 11) is 0. The van der Waals surface area contributed by atoms with E-state index in [-0.39, 0.29) is 6.04 Å². The van der Waals surface area contributed by atoms with Gasteiger partial charge < -0.3 is 8.94 Å². The Hall–Kier alpha value is -2.51. The monoisotopic (exact) mass is 339 g/mol. The molecule has 4 rings (SSSR count). The minimum Gasteiger partial charge on any atom is -0.461 e. The van der Waals surface area contributed by atoms with Gasteiger partial charge in [0, 0.05) is 38.9 Å². The summed E-state index contributed by atoms with van der Waals surface area (Å²) in [6, 6.07) is 9.79. The lowest BCUT2D eigenvalue weighted by molar-refractivity contribution is 0.0839. The van der Waals surface area contributed by atoms with E-state index in [0.29, 0.717) is 17.5 Å². The Morgan fingerprint density at radius 3 is 2.72 bits per heavy atom. The summed E-state index contributed by atoms with van der Waals surface area (Å²) in [6.07, 6.45) is 3.45. The number of hydrogen-bond donors (Lipinski definition) is 0. The molecular weight excluding hydrogens is 318 g/mol. The summed E-state index contributed by atoms with van der Waals surface area (Å²) >= 11 is 0. The molecule has 3 aromatic heterocycles. The second-order valence-electron chi connectivity index (χ2n) is 6.24. The number of furan rings is 1. The van der Waals surface area contributed by atoms with Crippen LogP contribution in [-0.2, 0) is 6.54 Å². The molecule has 1 aliphatic heterocycles. The van der Waals surface area contributed by atoms with E-state index in [1.54, 1.807) is 6.26 Å². The molecule has 1 saturated heterocycles. The summed E-state index contributed by atoms with van der Waals surface area (Å²) in [6.45, 7) is 6.93. The predicted molar refractivity (Wildman–Crippen MR) is 91.5 cm³/mol. The van der Waals surface area contributed by atoms with Crippen molar-refractivity contribution in [2.75, 3.05) is 26.2 Å². The molecule has 25 heavy (non-hydrogen) atoms. The van der Waals surface area contributed by atoms with Crippen molar-refractivity contribution in [3.8, 4) is 11.6 Å². The molecule has 0 bridgehead atoms. The van der Waals surface area contributed by atoms with Crippen molar-refractivity contribution in [2.45, 2.75) is 19.5 Å². The summed E-state index contributed by atoms with van der Waals surface area (Å²) in [5.74, 6) is 1.76. The first-order valence-corrected chi connectivity index (χ1v) is 8.53. The van der Waals surface area contributed by atoms with Crippen molar-refractivity contribution in [3.05, 3.63) is 54.4 Å². The van der Waals surface area contributed by atoms with Gasteiger partial charge in [-0.15, -0.1) is 0 Å². The third-order valence-corrected chi connectivity index (χ3v) is 4.61. The van der Waals surface area contributed by atoms with Gasteiger partial charge in [-0.2, -0.15) is 4.98 Å². The fraction of sp³-hybridized carbons (Fsp3) is 0.389. The van der Waals surface area contributed by atoms with Crippen molar-refractivity contribution in [2.24, 2.45) is 0 Å². The van der Waals surface area contributed by atoms with Gasteiger partial charge in [-0.3, -0.25) is 14.8 Å². The van der Waals surface area contributed by atoms with Crippen LogP contribution in [0.15, 0.2) is 51.7 Å². The van der Waals surface area contributed by atoms with Crippen molar-refractivity contribution >= 4 is 0 Å². The molecule has 130 valence electrons. The normalized spacial score (nSPS) is 17.6. The number of pyridine rings is 1. The van der Waals surface area contributed by atoms with E-state index < -0.39 is 0 Å². The summed E-state index contributed by atoms with van der Waals surface area (Å²) < 4.78 is 10.8. The van der Waals surface area contributed by atoms with Gasteiger partial charge in [0.05, 0.1) is 18.0 Å². The van der Waals surface area contributed by atoms with E-state index >= 15 is 0 Å². The smallest absolute Gasteiger partial charge is 0.244 e. The first-order valence-electron chi connectivity index (χ1n) is 8.53. The zero-order valence-electron chi connectivity index (χ0n) is 14.2. The Balaban J connectivity index is 1.34. The average Bonchev–Trinajstić information content (AvgIpc) is 3.34. The van der Waals surface area contributed by atoms with Crippen LogP contribution >= 0.6 is 0 Å². The summed E-state index contributed by atoms with van der Waals surface area (Å²) in [5, 5.41) is 4.02. The molecule has 7 nitrogen and oxygen atoms in total. The Labute approximate surface area is 146 Å². The first kappa shape index (κ1) is 16.0. The zero-order valence-corrected chi connectivity index (χ0v) is 14.2. The molecule has 4 heterocycles. The highest BCUT2D eigenvalue weighted by molar-refractivity contribution is 5.44. The lowest BCUT2D eigenvalue weighted by atomic mass is 10.2. The van der Waals surface area contributed by atoms with Crippen LogP contribution in [-0.4, -0.2) is 51.1 Å². The van der Waals surface area contributed by atoms with Gasteiger partial charge in [0.25, 0.3) is 0 Å². The number of rotatable bonds is 5. The van der Waals surface area contributed by atoms with Crippen LogP contribution in [0.5, 0.6) is 0 Å². The summed E-state index contributed by atoms with van der Waals surface area (Å²) in [5.41, 5.74) is 1.11. The van der Waals surface area contributed by atoms with Crippen molar-refractivity contribution in [3.63, 3.8) is 0 Å². The van der Waals surface area contributed by atoms with Crippen molar-refractivity contribution < 1.29 is 8.94 Å². The maximum Gasteiger partial charge on any atom is 0.244 e. The van der Waals surface area contributed by atoms with Gasteiger partial charge in [-0.05, 0) is 31.2 Å². The molecule has 1 atom stereocenters. The third kappa shape index (κ3) is 3.62. The van der Waals surface area contributed by atoms with Crippen LogP contribution < -0.4 is 0 Å². The Kier molecular flexibility index (Phi) is 4.58. The van der Waals surface area contributed by atoms with Crippen molar-refractivity contribution in [1.29, 1.82) is 0 Å². The standard InChI is InChI=1S/C18H21N5O2/c1-14(18-20-17(21-25-18)16-6-4-12-24-16)23-10-8-22(9-11-23)13-15-5-2-3-7-19-15/h2-7,12,14H,8-11,13H2,1H3. The van der Waals surface area contributed by atoms with Crippen LogP contribution in [0.25, 0.3) is 11.6 Å². The fourth-order valence-corrected chi connectivity index (χ4v) is 3.10. The van der Waals surface area contributed by atoms with Gasteiger partial charge >= 0.3 is 0 Å². The van der Waals surface area contributed by atoms with Crippen LogP contribution in [0.3, 0.4) is 0 Å². The topological polar surface area (TPSA) is 71.4 Å². The highest BCUT2D eigenvalue weighted by Gasteiger charge is 2.26. The number of aromatic nitrogens is 3. The lowest BCUT2D eigenvalue weighted by Gasteiger charge is -2.36. The van der Waals surface area contributed by atoms with Crippen LogP contribution in [0.2, 0.25) is 0 Å². The highest BCUT2D eigenvalue weighted by atomic mass is 16.5. The number of nitrogens with zero attached hydrogens (tertiary/aromatic N) is 5. The number of piperazine rings is 1. The van der Waals surface area contributed by atoms with Gasteiger partial charge in [0.15, 0.2) is 5.76 Å². The second-order valence-corrected chi connectivity index (χ2v) is 6.24. The largest absolute Gasteiger partial charge is 0.461 e. The third-order valence-electron chi connectivity index (χ3n) is 4.61. The van der Waals surface area contributed by atoms with Gasteiger partial charge in [-0.1, -0.05) is 11.2 Å². The highest BCUT2D eigenvalue weighted by Crippen LogP contribution is 2.23. The molecule has 0 amide bonds. The van der Waals surface area contributed by atoms with Gasteiger partial charge in [-0.25, -0.2) is 0 Å². The van der Waals surface area contributed by atoms with E-state index in [1.165, 1.54) is 0 Å². The minimum atomic E-state index is 0.0909. The zero-order chi connectivity index (χ0) is 17.1. The van der Waals surface area contributed by atoms with E-state index in [9.17, 15) is 0 Å². The van der Waals surface area contributed by atoms with E-state index in [0.717, 1.165) is 38.4 Å². The summed E-state index contributed by atoms with van der Waals surface area (Å²) in [4.78, 5) is 13.7. The second kappa shape index (κ2) is 7.16. The Morgan fingerprint density at radius 2 is 2.00 bits per heavy atom. The molecule has 0 N–H and O–H groups in total. The Bertz CT molecular complexity index is 779. The molecule has 1 unspecified atom stereocenters. The average molecular weight is 339 g/mol. The SMILES string of the molecule is CC(c1nc(-c2ccco2)no1)N1CCN(Cc2ccccn2)CC1. The molecular formula is C18H21N5O2. The molecule has 1 aliphatic rings. The maximum absolute atomic E-state index is 5.44. The molecule has 0 spiro atoms. The molecule has 1 fully saturated rings. The molecule has 3 aromatic rings. The van der Waals surface area contributed by atoms with Crippen LogP contribution in [0, 0.1) is 0 Å². The first-order chi connectivity index (χ1) is 12.3. The van der Waals surface area contributed by atoms with Crippen LogP contribution in [0.1, 0.15) is 24.6 Å². The molecule has 0 aliphatic carbocycles. The predicted octanol–water partition coefficient (Wildman–Crippen LogP) is 2.60. The van der Waals surface area contributed by atoms with E-state index in [2.05, 4.69) is 37.9 Å². The Morgan fingerprint density at radius 1 is 1.12 bits per heavy atom. The van der Waals surface area contributed by atoms with E-state index in [4.69, 9.17) is 8.94 Å². The quantitative estimate of drug-likeness (QED) is 0.707. The molecule has 7 heteroatoms. The lowest BCUT2D eigenvalue weighted by Crippen LogP contribution is -2.46. The molecule has 0 radical (unpaired) electrons. The van der Waals surface area contributed by atoms with Crippen LogP contribution in [0.4, 0.5) is 0 Å². The van der Waals surface area contributed by atoms with Gasteiger partial charge in [0.2, 0.25) is 11.7 Å². The fourth-order valence-electron chi connectivity index (χ4n) is 3.10. The van der Waals surface area contributed by atoms with E-state index in [1.807, 2.05) is 30.5 Å². The maximum atomic E-state index is 5.44. The minimum absolute atomic E-state index is 0.0909.